The second-order valence-corrected chi connectivity index (χ2v) is 5.89. The fourth-order valence-corrected chi connectivity index (χ4v) is 2.48. The van der Waals surface area contributed by atoms with Gasteiger partial charge in [-0.3, -0.25) is 4.79 Å². The van der Waals surface area contributed by atoms with E-state index in [1.54, 1.807) is 24.3 Å². The fourth-order valence-electron chi connectivity index (χ4n) is 1.98. The summed E-state index contributed by atoms with van der Waals surface area (Å²) in [5, 5.41) is 9.93. The summed E-state index contributed by atoms with van der Waals surface area (Å²) in [7, 11) is 0. The standard InChI is InChI=1S/C16H14BrClO3/c17-12-2-1-3-14(10-12)21-9-8-15(16(19)20)11-4-6-13(18)7-5-11/h1-7,10,15H,8-9H2,(H,19,20). The molecule has 1 N–H and O–H groups in total. The summed E-state index contributed by atoms with van der Waals surface area (Å²) in [5.41, 5.74) is 0.727. The van der Waals surface area contributed by atoms with Crippen LogP contribution in [-0.4, -0.2) is 17.7 Å². The maximum absolute atomic E-state index is 11.4. The number of hydrogen-bond acceptors (Lipinski definition) is 2. The second-order valence-electron chi connectivity index (χ2n) is 4.54. The lowest BCUT2D eigenvalue weighted by Gasteiger charge is -2.13. The zero-order chi connectivity index (χ0) is 15.2. The third-order valence-electron chi connectivity index (χ3n) is 3.04. The highest BCUT2D eigenvalue weighted by Gasteiger charge is 2.19. The average Bonchev–Trinajstić information content (AvgIpc) is 2.45. The summed E-state index contributed by atoms with van der Waals surface area (Å²) in [5.74, 6) is -0.755. The van der Waals surface area contributed by atoms with Crippen LogP contribution in [0.25, 0.3) is 0 Å². The van der Waals surface area contributed by atoms with Gasteiger partial charge in [0, 0.05) is 9.50 Å². The van der Waals surface area contributed by atoms with Crippen LogP contribution in [0.2, 0.25) is 5.02 Å². The van der Waals surface area contributed by atoms with Crippen LogP contribution in [0.1, 0.15) is 17.9 Å². The molecule has 3 nitrogen and oxygen atoms in total. The first-order valence-electron chi connectivity index (χ1n) is 6.43. The van der Waals surface area contributed by atoms with Gasteiger partial charge in [0.2, 0.25) is 0 Å². The molecule has 0 radical (unpaired) electrons. The number of carboxylic acids is 1. The normalized spacial score (nSPS) is 11.9. The van der Waals surface area contributed by atoms with Crippen molar-refractivity contribution >= 4 is 33.5 Å². The van der Waals surface area contributed by atoms with E-state index in [-0.39, 0.29) is 0 Å². The Morgan fingerprint density at radius 2 is 1.95 bits per heavy atom. The van der Waals surface area contributed by atoms with E-state index in [4.69, 9.17) is 16.3 Å². The van der Waals surface area contributed by atoms with Crippen molar-refractivity contribution in [1.29, 1.82) is 0 Å². The molecule has 5 heteroatoms. The lowest BCUT2D eigenvalue weighted by atomic mass is 9.96. The van der Waals surface area contributed by atoms with E-state index in [9.17, 15) is 9.90 Å². The van der Waals surface area contributed by atoms with E-state index in [2.05, 4.69) is 15.9 Å². The Bertz CT molecular complexity index is 613. The molecule has 0 fully saturated rings. The molecule has 2 rings (SSSR count). The van der Waals surface area contributed by atoms with Crippen molar-refractivity contribution in [3.05, 3.63) is 63.6 Å². The predicted molar refractivity (Wildman–Crippen MR) is 86.1 cm³/mol. The molecule has 0 aromatic heterocycles. The van der Waals surface area contributed by atoms with Crippen molar-refractivity contribution in [3.8, 4) is 5.75 Å². The van der Waals surface area contributed by atoms with Gasteiger partial charge in [-0.15, -0.1) is 0 Å². The summed E-state index contributed by atoms with van der Waals surface area (Å²) in [6, 6.07) is 14.3. The molecule has 2 aromatic carbocycles. The molecular formula is C16H14BrClO3. The molecule has 0 aliphatic carbocycles. The van der Waals surface area contributed by atoms with Crippen molar-refractivity contribution in [2.75, 3.05) is 6.61 Å². The number of carbonyl (C=O) groups is 1. The zero-order valence-corrected chi connectivity index (χ0v) is 13.5. The summed E-state index contributed by atoms with van der Waals surface area (Å²) in [6.45, 7) is 0.329. The Kier molecular flexibility index (Phi) is 5.65. The maximum Gasteiger partial charge on any atom is 0.311 e. The molecule has 1 unspecified atom stereocenters. The Hall–Kier alpha value is -1.52. The fraction of sp³-hybridized carbons (Fsp3) is 0.188. The second kappa shape index (κ2) is 7.48. The van der Waals surface area contributed by atoms with Gasteiger partial charge in [-0.2, -0.15) is 0 Å². The molecule has 2 aromatic rings. The number of carboxylic acid groups (broad SMARTS) is 1. The smallest absolute Gasteiger partial charge is 0.311 e. The first-order chi connectivity index (χ1) is 10.1. The van der Waals surface area contributed by atoms with Gasteiger partial charge in [0.15, 0.2) is 0 Å². The van der Waals surface area contributed by atoms with E-state index in [0.29, 0.717) is 23.8 Å². The monoisotopic (exact) mass is 368 g/mol. The molecule has 1 atom stereocenters. The quantitative estimate of drug-likeness (QED) is 0.800. The van der Waals surface area contributed by atoms with Crippen molar-refractivity contribution in [2.24, 2.45) is 0 Å². The van der Waals surface area contributed by atoms with Crippen LogP contribution in [0.3, 0.4) is 0 Å². The highest BCUT2D eigenvalue weighted by molar-refractivity contribution is 9.10. The van der Waals surface area contributed by atoms with Crippen LogP contribution in [0.5, 0.6) is 5.75 Å². The van der Waals surface area contributed by atoms with E-state index < -0.39 is 11.9 Å². The van der Waals surface area contributed by atoms with Crippen molar-refractivity contribution in [2.45, 2.75) is 12.3 Å². The minimum absolute atomic E-state index is 0.329. The Morgan fingerprint density at radius 3 is 2.57 bits per heavy atom. The number of hydrogen-bond donors (Lipinski definition) is 1. The molecule has 0 spiro atoms. The minimum Gasteiger partial charge on any atom is -0.494 e. The Balaban J connectivity index is 1.98. The summed E-state index contributed by atoms with van der Waals surface area (Å²) >= 11 is 9.18. The summed E-state index contributed by atoms with van der Waals surface area (Å²) < 4.78 is 6.52. The van der Waals surface area contributed by atoms with Gasteiger partial charge in [-0.05, 0) is 42.3 Å². The van der Waals surface area contributed by atoms with Crippen LogP contribution in [0.15, 0.2) is 53.0 Å². The highest BCUT2D eigenvalue weighted by Crippen LogP contribution is 2.23. The van der Waals surface area contributed by atoms with Crippen LogP contribution < -0.4 is 4.74 Å². The van der Waals surface area contributed by atoms with Gasteiger partial charge in [0.25, 0.3) is 0 Å². The Labute approximate surface area is 136 Å². The van der Waals surface area contributed by atoms with Gasteiger partial charge in [0.05, 0.1) is 12.5 Å². The molecule has 0 amide bonds. The molecule has 0 aliphatic rings. The largest absolute Gasteiger partial charge is 0.494 e. The van der Waals surface area contributed by atoms with Crippen molar-refractivity contribution in [1.82, 2.24) is 0 Å². The molecule has 0 bridgehead atoms. The summed E-state index contributed by atoms with van der Waals surface area (Å²) in [4.78, 5) is 11.4. The Morgan fingerprint density at radius 1 is 1.24 bits per heavy atom. The lowest BCUT2D eigenvalue weighted by Crippen LogP contribution is -2.15. The van der Waals surface area contributed by atoms with Crippen LogP contribution in [0.4, 0.5) is 0 Å². The SMILES string of the molecule is O=C(O)C(CCOc1cccc(Br)c1)c1ccc(Cl)cc1. The van der Waals surface area contributed by atoms with Crippen LogP contribution in [0, 0.1) is 0 Å². The lowest BCUT2D eigenvalue weighted by molar-refractivity contribution is -0.139. The molecule has 21 heavy (non-hydrogen) atoms. The third kappa shape index (κ3) is 4.76. The molecule has 0 saturated carbocycles. The molecule has 0 heterocycles. The van der Waals surface area contributed by atoms with Crippen molar-refractivity contribution in [3.63, 3.8) is 0 Å². The van der Waals surface area contributed by atoms with Gasteiger partial charge in [-0.1, -0.05) is 45.7 Å². The predicted octanol–water partition coefficient (Wildman–Crippen LogP) is 4.74. The highest BCUT2D eigenvalue weighted by atomic mass is 79.9. The van der Waals surface area contributed by atoms with E-state index in [0.717, 1.165) is 10.0 Å². The number of benzene rings is 2. The first-order valence-corrected chi connectivity index (χ1v) is 7.60. The summed E-state index contributed by atoms with van der Waals surface area (Å²) in [6.07, 6.45) is 0.392. The number of halogens is 2. The topological polar surface area (TPSA) is 46.5 Å². The van der Waals surface area contributed by atoms with E-state index in [1.807, 2.05) is 24.3 Å². The van der Waals surface area contributed by atoms with Crippen LogP contribution >= 0.6 is 27.5 Å². The van der Waals surface area contributed by atoms with E-state index >= 15 is 0 Å². The van der Waals surface area contributed by atoms with E-state index in [1.165, 1.54) is 0 Å². The average molecular weight is 370 g/mol. The van der Waals surface area contributed by atoms with Crippen molar-refractivity contribution < 1.29 is 14.6 Å². The number of ether oxygens (including phenoxy) is 1. The van der Waals surface area contributed by atoms with Gasteiger partial charge in [-0.25, -0.2) is 0 Å². The van der Waals surface area contributed by atoms with Gasteiger partial charge >= 0.3 is 5.97 Å². The van der Waals surface area contributed by atoms with Gasteiger partial charge in [0.1, 0.15) is 5.75 Å². The number of rotatable bonds is 6. The van der Waals surface area contributed by atoms with Gasteiger partial charge < -0.3 is 9.84 Å². The molecular weight excluding hydrogens is 356 g/mol. The molecule has 0 aliphatic heterocycles. The van der Waals surface area contributed by atoms with Crippen LogP contribution in [-0.2, 0) is 4.79 Å². The minimum atomic E-state index is -0.866. The molecule has 110 valence electrons. The molecule has 0 saturated heterocycles. The third-order valence-corrected chi connectivity index (χ3v) is 3.79. The zero-order valence-electron chi connectivity index (χ0n) is 11.1. The maximum atomic E-state index is 11.4. The first kappa shape index (κ1) is 15.9. The number of aliphatic carboxylic acids is 1.